The molecule has 0 heterocycles. The highest BCUT2D eigenvalue weighted by Gasteiger charge is 2.08. The van der Waals surface area contributed by atoms with Gasteiger partial charge in [-0.1, -0.05) is 42.0 Å². The highest BCUT2D eigenvalue weighted by Crippen LogP contribution is 2.17. The number of rotatable bonds is 4. The molecule has 0 spiro atoms. The molecule has 108 valence electrons. The molecule has 2 aromatic carbocycles. The van der Waals surface area contributed by atoms with Crippen molar-refractivity contribution in [2.75, 3.05) is 10.6 Å². The number of hydrogen-bond acceptors (Lipinski definition) is 3. The summed E-state index contributed by atoms with van der Waals surface area (Å²) in [6.07, 6.45) is 0. The highest BCUT2D eigenvalue weighted by molar-refractivity contribution is 5.59. The third kappa shape index (κ3) is 3.88. The van der Waals surface area contributed by atoms with Gasteiger partial charge in [-0.25, -0.2) is 0 Å². The van der Waals surface area contributed by atoms with E-state index in [0.29, 0.717) is 0 Å². The van der Waals surface area contributed by atoms with Crippen LogP contribution >= 0.6 is 0 Å². The van der Waals surface area contributed by atoms with Gasteiger partial charge in [0.1, 0.15) is 17.5 Å². The van der Waals surface area contributed by atoms with Crippen LogP contribution in [0.5, 0.6) is 0 Å². The maximum absolute atomic E-state index is 9.31. The van der Waals surface area contributed by atoms with Gasteiger partial charge in [0.05, 0.1) is 0 Å². The van der Waals surface area contributed by atoms with Gasteiger partial charge >= 0.3 is 0 Å². The molecule has 22 heavy (non-hydrogen) atoms. The van der Waals surface area contributed by atoms with Crippen molar-refractivity contribution in [3.8, 4) is 6.07 Å². The Labute approximate surface area is 130 Å². The Morgan fingerprint density at radius 2 is 1.36 bits per heavy atom. The minimum Gasteiger partial charge on any atom is -0.361 e. The third-order valence-corrected chi connectivity index (χ3v) is 3.10. The molecule has 0 aliphatic carbocycles. The quantitative estimate of drug-likeness (QED) is 0.646. The third-order valence-electron chi connectivity index (χ3n) is 3.10. The van der Waals surface area contributed by atoms with Gasteiger partial charge in [0.25, 0.3) is 5.82 Å². The van der Waals surface area contributed by atoms with E-state index in [4.69, 9.17) is 6.57 Å². The van der Waals surface area contributed by atoms with Crippen molar-refractivity contribution < 1.29 is 0 Å². The van der Waals surface area contributed by atoms with E-state index >= 15 is 0 Å². The van der Waals surface area contributed by atoms with Crippen molar-refractivity contribution in [2.45, 2.75) is 13.8 Å². The van der Waals surface area contributed by atoms with Gasteiger partial charge in [-0.05, 0) is 38.1 Å². The molecule has 0 aromatic heterocycles. The molecule has 0 aliphatic rings. The Kier molecular flexibility index (Phi) is 4.80. The van der Waals surface area contributed by atoms with Crippen LogP contribution in [-0.4, -0.2) is 0 Å². The van der Waals surface area contributed by atoms with Crippen LogP contribution in [0.4, 0.5) is 11.4 Å². The zero-order valence-electron chi connectivity index (χ0n) is 12.5. The molecular weight excluding hydrogens is 272 g/mol. The highest BCUT2D eigenvalue weighted by atomic mass is 15.1. The fraction of sp³-hybridized carbons (Fsp3) is 0.111. The van der Waals surface area contributed by atoms with Gasteiger partial charge in [-0.2, -0.15) is 5.26 Å². The van der Waals surface area contributed by atoms with E-state index in [1.165, 1.54) is 0 Å². The lowest BCUT2D eigenvalue weighted by Crippen LogP contribution is -2.06. The second-order valence-corrected chi connectivity index (χ2v) is 4.93. The van der Waals surface area contributed by atoms with Gasteiger partial charge in [0, 0.05) is 5.69 Å². The molecule has 2 rings (SSSR count). The summed E-state index contributed by atoms with van der Waals surface area (Å²) in [4.78, 5) is 3.42. The van der Waals surface area contributed by atoms with E-state index < -0.39 is 0 Å². The Bertz CT molecular complexity index is 689. The molecule has 2 aromatic rings. The number of aryl methyl sites for hydroxylation is 2. The fourth-order valence-corrected chi connectivity index (χ4v) is 1.84. The molecule has 0 saturated carbocycles. The second kappa shape index (κ2) is 6.97. The summed E-state index contributed by atoms with van der Waals surface area (Å²) in [5.74, 6) is 0.173. The summed E-state index contributed by atoms with van der Waals surface area (Å²) in [6.45, 7) is 11.3. The van der Waals surface area contributed by atoms with Crippen LogP contribution in [0.2, 0.25) is 0 Å². The average Bonchev–Trinajstić information content (AvgIpc) is 2.54. The van der Waals surface area contributed by atoms with E-state index in [9.17, 15) is 5.26 Å². The number of allylic oxidation sites excluding steroid dienone is 1. The smallest absolute Gasteiger partial charge is 0.262 e. The zero-order chi connectivity index (χ0) is 15.9. The Morgan fingerprint density at radius 1 is 0.909 bits per heavy atom. The zero-order valence-corrected chi connectivity index (χ0v) is 12.5. The fourth-order valence-electron chi connectivity index (χ4n) is 1.84. The van der Waals surface area contributed by atoms with E-state index in [0.717, 1.165) is 22.5 Å². The molecule has 0 amide bonds. The Hall–Kier alpha value is -3.24. The lowest BCUT2D eigenvalue weighted by molar-refractivity contribution is 1.33. The van der Waals surface area contributed by atoms with Crippen molar-refractivity contribution in [3.63, 3.8) is 0 Å². The Morgan fingerprint density at radius 3 is 1.77 bits per heavy atom. The van der Waals surface area contributed by atoms with Crippen LogP contribution in [0.15, 0.2) is 60.0 Å². The van der Waals surface area contributed by atoms with Crippen molar-refractivity contribution in [3.05, 3.63) is 82.6 Å². The van der Waals surface area contributed by atoms with Crippen LogP contribution in [0.25, 0.3) is 4.85 Å². The maximum Gasteiger partial charge on any atom is 0.262 e. The van der Waals surface area contributed by atoms with E-state index in [1.807, 2.05) is 68.4 Å². The topological polar surface area (TPSA) is 52.2 Å². The number of nitriles is 1. The first-order chi connectivity index (χ1) is 10.6. The largest absolute Gasteiger partial charge is 0.361 e. The summed E-state index contributed by atoms with van der Waals surface area (Å²) < 4.78 is 0. The molecule has 4 nitrogen and oxygen atoms in total. The molecule has 0 radical (unpaired) electrons. The lowest BCUT2D eigenvalue weighted by Gasteiger charge is -2.09. The van der Waals surface area contributed by atoms with Gasteiger partial charge in [0.15, 0.2) is 0 Å². The van der Waals surface area contributed by atoms with Gasteiger partial charge in [0.2, 0.25) is 0 Å². The predicted molar refractivity (Wildman–Crippen MR) is 88.8 cm³/mol. The Balaban J connectivity index is 2.25. The molecule has 0 bridgehead atoms. The number of nitrogens with one attached hydrogen (secondary N) is 2. The summed E-state index contributed by atoms with van der Waals surface area (Å²) in [5, 5.41) is 15.3. The van der Waals surface area contributed by atoms with E-state index in [-0.39, 0.29) is 11.5 Å². The van der Waals surface area contributed by atoms with Crippen molar-refractivity contribution in [1.29, 1.82) is 5.26 Å². The first-order valence-corrected chi connectivity index (χ1v) is 6.81. The van der Waals surface area contributed by atoms with Gasteiger partial charge in [-0.3, -0.25) is 0 Å². The van der Waals surface area contributed by atoms with Crippen molar-refractivity contribution >= 4 is 11.4 Å². The van der Waals surface area contributed by atoms with Crippen LogP contribution in [0.1, 0.15) is 11.1 Å². The molecule has 0 saturated heterocycles. The lowest BCUT2D eigenvalue weighted by atomic mass is 10.2. The minimum absolute atomic E-state index is 0.173. The summed E-state index contributed by atoms with van der Waals surface area (Å²) in [6, 6.07) is 17.3. The van der Waals surface area contributed by atoms with Gasteiger partial charge in [-0.15, -0.1) is 0 Å². The first kappa shape index (κ1) is 15.2. The first-order valence-electron chi connectivity index (χ1n) is 6.81. The normalized spacial score (nSPS) is 10.9. The number of anilines is 2. The number of benzene rings is 2. The predicted octanol–water partition coefficient (Wildman–Crippen LogP) is 4.44. The van der Waals surface area contributed by atoms with Crippen LogP contribution in [-0.2, 0) is 0 Å². The van der Waals surface area contributed by atoms with E-state index in [1.54, 1.807) is 0 Å². The second-order valence-electron chi connectivity index (χ2n) is 4.93. The van der Waals surface area contributed by atoms with Crippen molar-refractivity contribution in [1.82, 2.24) is 0 Å². The monoisotopic (exact) mass is 288 g/mol. The van der Waals surface area contributed by atoms with Crippen molar-refractivity contribution in [2.24, 2.45) is 0 Å². The number of hydrogen-bond donors (Lipinski definition) is 2. The SMILES string of the molecule is [C-]#[N+]/C(Nc1ccc(C)cc1)=C(\C#N)Nc1ccc(C)cc1. The van der Waals surface area contributed by atoms with E-state index in [2.05, 4.69) is 15.5 Å². The molecule has 4 heteroatoms. The molecule has 2 N–H and O–H groups in total. The molecular formula is C18H16N4. The van der Waals surface area contributed by atoms with Crippen LogP contribution in [0, 0.1) is 31.8 Å². The molecule has 0 atom stereocenters. The number of nitrogens with zero attached hydrogens (tertiary/aromatic N) is 2. The van der Waals surface area contributed by atoms with Gasteiger partial charge < -0.3 is 15.5 Å². The molecule has 0 unspecified atom stereocenters. The maximum atomic E-state index is 9.31. The van der Waals surface area contributed by atoms with Crippen LogP contribution in [0.3, 0.4) is 0 Å². The summed E-state index contributed by atoms with van der Waals surface area (Å²) >= 11 is 0. The van der Waals surface area contributed by atoms with Crippen LogP contribution < -0.4 is 10.6 Å². The molecule has 0 aliphatic heterocycles. The summed E-state index contributed by atoms with van der Waals surface area (Å²) in [5.41, 5.74) is 4.01. The minimum atomic E-state index is 0.173. The average molecular weight is 288 g/mol. The molecule has 0 fully saturated rings. The standard InChI is InChI=1S/C18H16N4/c1-13-4-8-15(9-5-13)21-17(12-19)18(20-3)22-16-10-6-14(2)7-11-16/h4-11,21-22H,1-2H3/b18-17-. The summed E-state index contributed by atoms with van der Waals surface area (Å²) in [7, 11) is 0.